The van der Waals surface area contributed by atoms with E-state index in [1.165, 1.54) is 5.56 Å². The predicted molar refractivity (Wildman–Crippen MR) is 77.8 cm³/mol. The zero-order valence-corrected chi connectivity index (χ0v) is 12.3. The number of amides is 1. The van der Waals surface area contributed by atoms with Gasteiger partial charge < -0.3 is 9.64 Å². The third-order valence-electron chi connectivity index (χ3n) is 3.02. The highest BCUT2D eigenvalue weighted by Crippen LogP contribution is 2.25. The van der Waals surface area contributed by atoms with Gasteiger partial charge in [0, 0.05) is 13.6 Å². The normalized spacial score (nSPS) is 10.6. The fourth-order valence-electron chi connectivity index (χ4n) is 1.71. The predicted octanol–water partition coefficient (Wildman–Crippen LogP) is 3.34. The highest BCUT2D eigenvalue weighted by Gasteiger charge is 2.09. The Morgan fingerprint density at radius 3 is 2.61 bits per heavy atom. The van der Waals surface area contributed by atoms with Gasteiger partial charge in [-0.25, -0.2) is 0 Å². The minimum Gasteiger partial charge on any atom is -0.496 e. The molecule has 0 aliphatic heterocycles. The Labute approximate surface area is 115 Å². The van der Waals surface area contributed by atoms with Gasteiger partial charge in [-0.3, -0.25) is 4.79 Å². The van der Waals surface area contributed by atoms with Crippen molar-refractivity contribution in [1.82, 2.24) is 4.90 Å². The Morgan fingerprint density at radius 1 is 1.44 bits per heavy atom. The Morgan fingerprint density at radius 2 is 2.11 bits per heavy atom. The minimum absolute atomic E-state index is 0.215. The second kappa shape index (κ2) is 6.69. The molecule has 0 N–H and O–H groups in total. The Hall–Kier alpha value is -1.16. The van der Waals surface area contributed by atoms with E-state index in [1.54, 1.807) is 19.1 Å². The van der Waals surface area contributed by atoms with E-state index >= 15 is 0 Å². The first-order valence-electron chi connectivity index (χ1n) is 6.06. The number of carbonyl (C=O) groups is 1. The van der Waals surface area contributed by atoms with Gasteiger partial charge >= 0.3 is 0 Å². The zero-order valence-electron chi connectivity index (χ0n) is 11.4. The SMILES string of the molecule is COc1cc(C(C)C)ccc1CCN(C)C(=O)S. The van der Waals surface area contributed by atoms with Crippen LogP contribution in [0.25, 0.3) is 0 Å². The maximum Gasteiger partial charge on any atom is 0.278 e. The Balaban J connectivity index is 2.80. The van der Waals surface area contributed by atoms with E-state index in [1.807, 2.05) is 0 Å². The van der Waals surface area contributed by atoms with Crippen LogP contribution in [0, 0.1) is 0 Å². The molecule has 18 heavy (non-hydrogen) atoms. The van der Waals surface area contributed by atoms with Crippen molar-refractivity contribution >= 4 is 17.9 Å². The number of benzene rings is 1. The molecule has 100 valence electrons. The highest BCUT2D eigenvalue weighted by molar-refractivity contribution is 7.96. The molecule has 0 aliphatic rings. The quantitative estimate of drug-likeness (QED) is 0.829. The molecule has 0 aromatic heterocycles. The first-order chi connectivity index (χ1) is 8.45. The van der Waals surface area contributed by atoms with Crippen LogP contribution in [-0.4, -0.2) is 30.8 Å². The fourth-order valence-corrected chi connectivity index (χ4v) is 1.81. The summed E-state index contributed by atoms with van der Waals surface area (Å²) in [5.74, 6) is 1.37. The number of methoxy groups -OCH3 is 1. The van der Waals surface area contributed by atoms with Gasteiger partial charge in [0.15, 0.2) is 0 Å². The number of hydrogen-bond donors (Lipinski definition) is 1. The van der Waals surface area contributed by atoms with Gasteiger partial charge in [0.05, 0.1) is 7.11 Å². The molecule has 0 aliphatic carbocycles. The molecule has 0 spiro atoms. The average Bonchev–Trinajstić information content (AvgIpc) is 2.35. The number of rotatable bonds is 5. The molecule has 0 bridgehead atoms. The average molecular weight is 267 g/mol. The summed E-state index contributed by atoms with van der Waals surface area (Å²) in [5, 5.41) is -0.215. The van der Waals surface area contributed by atoms with Crippen molar-refractivity contribution < 1.29 is 9.53 Å². The molecule has 1 aromatic carbocycles. The van der Waals surface area contributed by atoms with Gasteiger partial charge in [-0.05, 0) is 29.5 Å². The number of hydrogen-bond acceptors (Lipinski definition) is 2. The van der Waals surface area contributed by atoms with E-state index in [0.717, 1.165) is 17.7 Å². The molecule has 0 heterocycles. The highest BCUT2D eigenvalue weighted by atomic mass is 32.1. The third kappa shape index (κ3) is 3.95. The minimum atomic E-state index is -0.215. The molecule has 4 heteroatoms. The maximum absolute atomic E-state index is 11.0. The van der Waals surface area contributed by atoms with Crippen LogP contribution in [0.1, 0.15) is 30.9 Å². The molecule has 3 nitrogen and oxygen atoms in total. The molecule has 0 radical (unpaired) electrons. The smallest absolute Gasteiger partial charge is 0.278 e. The van der Waals surface area contributed by atoms with Gasteiger partial charge in [0.1, 0.15) is 5.75 Å². The van der Waals surface area contributed by atoms with Crippen LogP contribution in [0.15, 0.2) is 18.2 Å². The molecular formula is C14H21NO2S. The number of carbonyl (C=O) groups excluding carboxylic acids is 1. The van der Waals surface area contributed by atoms with Crippen LogP contribution in [0.5, 0.6) is 5.75 Å². The summed E-state index contributed by atoms with van der Waals surface area (Å²) in [6, 6.07) is 6.26. The molecule has 0 saturated carbocycles. The number of ether oxygens (including phenoxy) is 1. The Bertz CT molecular complexity index is 418. The van der Waals surface area contributed by atoms with E-state index < -0.39 is 0 Å². The molecule has 1 amide bonds. The van der Waals surface area contributed by atoms with Gasteiger partial charge in [-0.2, -0.15) is 0 Å². The lowest BCUT2D eigenvalue weighted by Crippen LogP contribution is -2.23. The summed E-state index contributed by atoms with van der Waals surface area (Å²) in [7, 11) is 3.42. The molecular weight excluding hydrogens is 246 g/mol. The second-order valence-corrected chi connectivity index (χ2v) is 5.06. The van der Waals surface area contributed by atoms with Crippen LogP contribution < -0.4 is 4.74 Å². The van der Waals surface area contributed by atoms with Crippen molar-refractivity contribution in [2.75, 3.05) is 20.7 Å². The van der Waals surface area contributed by atoms with Gasteiger partial charge in [0.25, 0.3) is 5.24 Å². The van der Waals surface area contributed by atoms with E-state index in [-0.39, 0.29) is 5.24 Å². The summed E-state index contributed by atoms with van der Waals surface area (Å²) in [5.41, 5.74) is 2.37. The number of likely N-dealkylation sites (N-methyl/N-ethyl adjacent to an activating group) is 1. The lowest BCUT2D eigenvalue weighted by molar-refractivity contribution is 0.234. The molecule has 1 aromatic rings. The lowest BCUT2D eigenvalue weighted by Gasteiger charge is -2.16. The van der Waals surface area contributed by atoms with Gasteiger partial charge in [-0.1, -0.05) is 38.6 Å². The van der Waals surface area contributed by atoms with Crippen LogP contribution in [0.2, 0.25) is 0 Å². The standard InChI is InChI=1S/C14H21NO2S/c1-10(2)12-6-5-11(13(9-12)17-4)7-8-15(3)14(16)18/h5-6,9-10H,7-8H2,1-4H3,(H,16,18). The van der Waals surface area contributed by atoms with Gasteiger partial charge in [-0.15, -0.1) is 0 Å². The largest absolute Gasteiger partial charge is 0.496 e. The van der Waals surface area contributed by atoms with E-state index in [4.69, 9.17) is 4.74 Å². The lowest BCUT2D eigenvalue weighted by atomic mass is 10.00. The number of nitrogens with zero attached hydrogens (tertiary/aromatic N) is 1. The molecule has 0 saturated heterocycles. The van der Waals surface area contributed by atoms with Crippen LogP contribution in [0.3, 0.4) is 0 Å². The van der Waals surface area contributed by atoms with Crippen LogP contribution in [-0.2, 0) is 6.42 Å². The van der Waals surface area contributed by atoms with Crippen molar-refractivity contribution in [1.29, 1.82) is 0 Å². The zero-order chi connectivity index (χ0) is 13.7. The third-order valence-corrected chi connectivity index (χ3v) is 3.36. The van der Waals surface area contributed by atoms with Crippen molar-refractivity contribution in [3.05, 3.63) is 29.3 Å². The molecule has 0 unspecified atom stereocenters. The number of thiol groups is 1. The second-order valence-electron chi connectivity index (χ2n) is 4.68. The van der Waals surface area contributed by atoms with Crippen molar-refractivity contribution in [2.45, 2.75) is 26.2 Å². The van der Waals surface area contributed by atoms with Crippen molar-refractivity contribution in [3.8, 4) is 5.75 Å². The summed E-state index contributed by atoms with van der Waals surface area (Å²) in [6.45, 7) is 4.95. The van der Waals surface area contributed by atoms with Crippen LogP contribution in [0.4, 0.5) is 4.79 Å². The molecule has 1 rings (SSSR count). The first-order valence-corrected chi connectivity index (χ1v) is 6.51. The van der Waals surface area contributed by atoms with Crippen LogP contribution >= 0.6 is 12.6 Å². The van der Waals surface area contributed by atoms with Crippen molar-refractivity contribution in [2.24, 2.45) is 0 Å². The van der Waals surface area contributed by atoms with Crippen molar-refractivity contribution in [3.63, 3.8) is 0 Å². The fraction of sp³-hybridized carbons (Fsp3) is 0.500. The summed E-state index contributed by atoms with van der Waals surface area (Å²) < 4.78 is 5.41. The van der Waals surface area contributed by atoms with E-state index in [0.29, 0.717) is 12.5 Å². The molecule has 0 fully saturated rings. The monoisotopic (exact) mass is 267 g/mol. The Kier molecular flexibility index (Phi) is 5.54. The molecule has 0 atom stereocenters. The van der Waals surface area contributed by atoms with Gasteiger partial charge in [0.2, 0.25) is 0 Å². The van der Waals surface area contributed by atoms with E-state index in [9.17, 15) is 4.79 Å². The maximum atomic E-state index is 11.0. The summed E-state index contributed by atoms with van der Waals surface area (Å²) >= 11 is 3.79. The summed E-state index contributed by atoms with van der Waals surface area (Å²) in [6.07, 6.45) is 0.768. The topological polar surface area (TPSA) is 29.5 Å². The first kappa shape index (κ1) is 14.9. The summed E-state index contributed by atoms with van der Waals surface area (Å²) in [4.78, 5) is 12.6. The van der Waals surface area contributed by atoms with E-state index in [2.05, 4.69) is 44.7 Å².